The maximum Gasteiger partial charge on any atom is 0.270 e. The number of hydrogen-bond acceptors (Lipinski definition) is 7. The highest BCUT2D eigenvalue weighted by Crippen LogP contribution is 2.26. The van der Waals surface area contributed by atoms with Gasteiger partial charge in [-0.3, -0.25) is 14.9 Å². The van der Waals surface area contributed by atoms with E-state index in [0.29, 0.717) is 45.1 Å². The topological polar surface area (TPSA) is 103 Å². The minimum Gasteiger partial charge on any atom is -0.491 e. The summed E-state index contributed by atoms with van der Waals surface area (Å²) in [6.45, 7) is 4.00. The number of non-ortho nitro benzene ring substituents is 1. The van der Waals surface area contributed by atoms with Crippen LogP contribution in [0.25, 0.3) is 0 Å². The number of morpholine rings is 1. The molecule has 1 unspecified atom stereocenters. The smallest absolute Gasteiger partial charge is 0.270 e. The number of amides is 1. The molecule has 2 aromatic carbocycles. The molecule has 4 rings (SSSR count). The molecule has 32 heavy (non-hydrogen) atoms. The van der Waals surface area contributed by atoms with Crippen LogP contribution in [0.2, 0.25) is 0 Å². The first-order chi connectivity index (χ1) is 15.6. The van der Waals surface area contributed by atoms with Gasteiger partial charge in [0.15, 0.2) is 0 Å². The molecule has 1 amide bonds. The van der Waals surface area contributed by atoms with E-state index in [1.165, 1.54) is 12.1 Å². The Bertz CT molecular complexity index is 937. The van der Waals surface area contributed by atoms with Gasteiger partial charge in [-0.05, 0) is 36.6 Å². The van der Waals surface area contributed by atoms with Crippen molar-refractivity contribution in [3.8, 4) is 5.75 Å². The number of hydrogen-bond donors (Lipinski definition) is 1. The highest BCUT2D eigenvalue weighted by molar-refractivity contribution is 6.00. The first-order valence-electron chi connectivity index (χ1n) is 10.8. The molecule has 0 spiro atoms. The molecule has 2 aliphatic rings. The van der Waals surface area contributed by atoms with Gasteiger partial charge >= 0.3 is 0 Å². The third-order valence-electron chi connectivity index (χ3n) is 5.62. The summed E-state index contributed by atoms with van der Waals surface area (Å²) >= 11 is 0. The number of nitro benzene ring substituents is 1. The Kier molecular flexibility index (Phi) is 7.18. The van der Waals surface area contributed by atoms with E-state index in [2.05, 4.69) is 5.32 Å². The van der Waals surface area contributed by atoms with Crippen molar-refractivity contribution in [2.45, 2.75) is 25.5 Å². The van der Waals surface area contributed by atoms with E-state index in [-0.39, 0.29) is 23.3 Å². The van der Waals surface area contributed by atoms with E-state index in [9.17, 15) is 14.9 Å². The zero-order chi connectivity index (χ0) is 22.3. The summed E-state index contributed by atoms with van der Waals surface area (Å²) in [6.07, 6.45) is 2.25. The van der Waals surface area contributed by atoms with E-state index in [1.807, 2.05) is 29.2 Å². The van der Waals surface area contributed by atoms with Gasteiger partial charge in [0.25, 0.3) is 11.6 Å². The van der Waals surface area contributed by atoms with E-state index in [4.69, 9.17) is 14.2 Å². The number of nitrogens with zero attached hydrogens (tertiary/aromatic N) is 2. The van der Waals surface area contributed by atoms with Crippen molar-refractivity contribution in [3.05, 3.63) is 63.7 Å². The van der Waals surface area contributed by atoms with Crippen molar-refractivity contribution in [3.63, 3.8) is 0 Å². The number of rotatable bonds is 8. The van der Waals surface area contributed by atoms with Gasteiger partial charge in [-0.2, -0.15) is 0 Å². The molecule has 0 saturated carbocycles. The van der Waals surface area contributed by atoms with Crippen LogP contribution >= 0.6 is 0 Å². The zero-order valence-electron chi connectivity index (χ0n) is 17.8. The molecule has 170 valence electrons. The predicted octanol–water partition coefficient (Wildman–Crippen LogP) is 2.92. The van der Waals surface area contributed by atoms with Crippen LogP contribution < -0.4 is 15.0 Å². The fourth-order valence-electron chi connectivity index (χ4n) is 3.85. The lowest BCUT2D eigenvalue weighted by Gasteiger charge is -2.30. The van der Waals surface area contributed by atoms with Gasteiger partial charge in [-0.15, -0.1) is 0 Å². The highest BCUT2D eigenvalue weighted by atomic mass is 16.6. The summed E-state index contributed by atoms with van der Waals surface area (Å²) in [4.78, 5) is 25.7. The largest absolute Gasteiger partial charge is 0.491 e. The number of nitro groups is 1. The van der Waals surface area contributed by atoms with Gasteiger partial charge in [-0.1, -0.05) is 12.1 Å². The summed E-state index contributed by atoms with van der Waals surface area (Å²) in [6, 6.07) is 11.9. The normalized spacial score (nSPS) is 18.4. The quantitative estimate of drug-likeness (QED) is 0.496. The Labute approximate surface area is 186 Å². The van der Waals surface area contributed by atoms with Crippen LogP contribution in [0.4, 0.5) is 11.4 Å². The highest BCUT2D eigenvalue weighted by Gasteiger charge is 2.22. The van der Waals surface area contributed by atoms with E-state index < -0.39 is 4.92 Å². The Hall–Kier alpha value is -3.17. The van der Waals surface area contributed by atoms with E-state index in [0.717, 1.165) is 30.8 Å². The van der Waals surface area contributed by atoms with Crippen LogP contribution in [0.15, 0.2) is 42.5 Å². The minimum absolute atomic E-state index is 0.111. The number of carbonyl (C=O) groups excluding carboxylic acids is 1. The molecule has 0 bridgehead atoms. The van der Waals surface area contributed by atoms with Crippen molar-refractivity contribution in [1.82, 2.24) is 5.32 Å². The van der Waals surface area contributed by atoms with Gasteiger partial charge in [0, 0.05) is 38.4 Å². The lowest BCUT2D eigenvalue weighted by atomic mass is 10.1. The lowest BCUT2D eigenvalue weighted by molar-refractivity contribution is -0.384. The molecule has 0 radical (unpaired) electrons. The average molecular weight is 441 g/mol. The van der Waals surface area contributed by atoms with E-state index in [1.54, 1.807) is 6.07 Å². The fourth-order valence-corrected chi connectivity index (χ4v) is 3.85. The second-order valence-electron chi connectivity index (χ2n) is 7.83. The first-order valence-corrected chi connectivity index (χ1v) is 10.8. The molecule has 1 N–H and O–H groups in total. The number of nitrogens with one attached hydrogen (secondary N) is 1. The molecular weight excluding hydrogens is 414 g/mol. The standard InChI is InChI=1S/C23H27N3O6/c27-23(21-14-18(26(28)29)5-8-22(21)25-9-12-30-13-10-25)24-15-17-3-6-19(7-4-17)32-16-20-2-1-11-31-20/h3-8,14,20H,1-2,9-13,15-16H2,(H,24,27). The molecule has 2 saturated heterocycles. The molecule has 2 heterocycles. The molecule has 9 heteroatoms. The van der Waals surface area contributed by atoms with Crippen LogP contribution in [0.3, 0.4) is 0 Å². The van der Waals surface area contributed by atoms with Crippen LogP contribution in [-0.2, 0) is 16.0 Å². The lowest BCUT2D eigenvalue weighted by Crippen LogP contribution is -2.38. The zero-order valence-corrected chi connectivity index (χ0v) is 17.8. The monoisotopic (exact) mass is 441 g/mol. The molecule has 1 atom stereocenters. The van der Waals surface area contributed by atoms with Gasteiger partial charge in [-0.25, -0.2) is 0 Å². The average Bonchev–Trinajstić information content (AvgIpc) is 3.36. The first kappa shape index (κ1) is 22.0. The Morgan fingerprint density at radius 2 is 1.94 bits per heavy atom. The number of benzene rings is 2. The SMILES string of the molecule is O=C(NCc1ccc(OCC2CCCO2)cc1)c1cc([N+](=O)[O-])ccc1N1CCOCC1. The number of ether oxygens (including phenoxy) is 3. The van der Waals surface area contributed by atoms with Gasteiger partial charge in [0.2, 0.25) is 0 Å². The number of carbonyl (C=O) groups is 1. The third kappa shape index (κ3) is 5.54. The van der Waals surface area contributed by atoms with Crippen molar-refractivity contribution in [2.24, 2.45) is 0 Å². The molecule has 9 nitrogen and oxygen atoms in total. The summed E-state index contributed by atoms with van der Waals surface area (Å²) in [5.41, 5.74) is 1.76. The van der Waals surface area contributed by atoms with Crippen molar-refractivity contribution < 1.29 is 23.9 Å². The maximum absolute atomic E-state index is 12.9. The molecule has 2 aromatic rings. The second-order valence-corrected chi connectivity index (χ2v) is 7.83. The summed E-state index contributed by atoms with van der Waals surface area (Å²) in [5, 5.41) is 14.1. The second kappa shape index (κ2) is 10.4. The minimum atomic E-state index is -0.491. The molecule has 0 aromatic heterocycles. The molecule has 0 aliphatic carbocycles. The van der Waals surface area contributed by atoms with E-state index >= 15 is 0 Å². The summed E-state index contributed by atoms with van der Waals surface area (Å²) in [5.74, 6) is 0.401. The van der Waals surface area contributed by atoms with Crippen molar-refractivity contribution in [2.75, 3.05) is 44.4 Å². The Balaban J connectivity index is 1.39. The van der Waals surface area contributed by atoms with Crippen molar-refractivity contribution in [1.29, 1.82) is 0 Å². The summed E-state index contributed by atoms with van der Waals surface area (Å²) in [7, 11) is 0. The maximum atomic E-state index is 12.9. The van der Waals surface area contributed by atoms with Crippen LogP contribution in [0.1, 0.15) is 28.8 Å². The van der Waals surface area contributed by atoms with Gasteiger partial charge < -0.3 is 24.4 Å². The fraction of sp³-hybridized carbons (Fsp3) is 0.435. The van der Waals surface area contributed by atoms with Gasteiger partial charge in [0.1, 0.15) is 12.4 Å². The third-order valence-corrected chi connectivity index (χ3v) is 5.62. The van der Waals surface area contributed by atoms with Gasteiger partial charge in [0.05, 0.1) is 35.5 Å². The molecule has 2 aliphatic heterocycles. The molecule has 2 fully saturated rings. The molecular formula is C23H27N3O6. The van der Waals surface area contributed by atoms with Crippen LogP contribution in [-0.4, -0.2) is 56.5 Å². The van der Waals surface area contributed by atoms with Crippen molar-refractivity contribution >= 4 is 17.3 Å². The Morgan fingerprint density at radius 3 is 2.62 bits per heavy atom. The summed E-state index contributed by atoms with van der Waals surface area (Å²) < 4.78 is 16.7. The number of anilines is 1. The predicted molar refractivity (Wildman–Crippen MR) is 118 cm³/mol. The Morgan fingerprint density at radius 1 is 1.16 bits per heavy atom. The van der Waals surface area contributed by atoms with Crippen LogP contribution in [0, 0.1) is 10.1 Å². The van der Waals surface area contributed by atoms with Crippen LogP contribution in [0.5, 0.6) is 5.75 Å².